The molecule has 0 aliphatic carbocycles. The molecule has 0 heterocycles. The lowest BCUT2D eigenvalue weighted by Crippen LogP contribution is -2.06. The summed E-state index contributed by atoms with van der Waals surface area (Å²) in [7, 11) is 0. The van der Waals surface area contributed by atoms with Gasteiger partial charge in [-0.3, -0.25) is 9.59 Å². The molecule has 134 valence electrons. The van der Waals surface area contributed by atoms with Gasteiger partial charge < -0.3 is 10.2 Å². The quantitative estimate of drug-likeness (QED) is 0.396. The summed E-state index contributed by atoms with van der Waals surface area (Å²) in [4.78, 5) is 24.6. The number of aromatic hydroxyl groups is 2. The third kappa shape index (κ3) is 5.99. The van der Waals surface area contributed by atoms with Crippen LogP contribution in [0.3, 0.4) is 0 Å². The summed E-state index contributed by atoms with van der Waals surface area (Å²) < 4.78 is 0. The first kappa shape index (κ1) is 20.2. The van der Waals surface area contributed by atoms with E-state index in [1.54, 1.807) is 0 Å². The van der Waals surface area contributed by atoms with Crippen LogP contribution >= 0.6 is 0 Å². The van der Waals surface area contributed by atoms with Crippen molar-refractivity contribution < 1.29 is 19.8 Å². The summed E-state index contributed by atoms with van der Waals surface area (Å²) in [5.74, 6) is -1.10. The molecule has 0 saturated carbocycles. The van der Waals surface area contributed by atoms with Crippen LogP contribution in [-0.4, -0.2) is 21.8 Å². The predicted octanol–water partition coefficient (Wildman–Crippen LogP) is 5.40. The van der Waals surface area contributed by atoms with Gasteiger partial charge in [0.05, 0.1) is 5.56 Å². The monoisotopic (exact) mass is 334 g/mol. The molecule has 0 amide bonds. The number of carbonyl (C=O) groups excluding carboxylic acids is 2. The summed E-state index contributed by atoms with van der Waals surface area (Å²) in [6, 6.07) is 2.74. The van der Waals surface area contributed by atoms with E-state index in [9.17, 15) is 19.8 Å². The van der Waals surface area contributed by atoms with Gasteiger partial charge in [0, 0.05) is 12.8 Å². The Morgan fingerprint density at radius 1 is 0.792 bits per heavy atom. The summed E-state index contributed by atoms with van der Waals surface area (Å²) in [6.07, 6.45) is 8.34. The van der Waals surface area contributed by atoms with Crippen LogP contribution in [0.25, 0.3) is 0 Å². The highest BCUT2D eigenvalue weighted by Crippen LogP contribution is 2.33. The van der Waals surface area contributed by atoms with E-state index in [0.717, 1.165) is 51.4 Å². The number of unbranched alkanes of at least 4 members (excludes halogenated alkanes) is 6. The molecule has 0 fully saturated rings. The number of benzene rings is 1. The maximum absolute atomic E-state index is 12.3. The standard InChI is InChI=1S/C20H30O4/c1-3-5-7-9-11-16(21)15-13-14-18(23)19(20(15)24)17(22)12-10-8-6-4-2/h13-14,23-24H,3-12H2,1-2H3. The molecule has 0 saturated heterocycles. The molecule has 0 spiro atoms. The molecule has 1 aromatic rings. The van der Waals surface area contributed by atoms with Crippen LogP contribution in [0.2, 0.25) is 0 Å². The van der Waals surface area contributed by atoms with Gasteiger partial charge in [-0.05, 0) is 25.0 Å². The molecule has 4 nitrogen and oxygen atoms in total. The lowest BCUT2D eigenvalue weighted by Gasteiger charge is -2.10. The minimum Gasteiger partial charge on any atom is -0.507 e. The molecule has 0 aromatic heterocycles. The molecule has 24 heavy (non-hydrogen) atoms. The second-order valence-electron chi connectivity index (χ2n) is 6.32. The Kier molecular flexibility index (Phi) is 9.13. The molecule has 0 radical (unpaired) electrons. The van der Waals surface area contributed by atoms with Gasteiger partial charge in [-0.2, -0.15) is 0 Å². The van der Waals surface area contributed by atoms with Crippen molar-refractivity contribution in [2.75, 3.05) is 0 Å². The van der Waals surface area contributed by atoms with Gasteiger partial charge in [0.25, 0.3) is 0 Å². The Labute approximate surface area is 144 Å². The second-order valence-corrected chi connectivity index (χ2v) is 6.32. The number of Topliss-reactive ketones (excluding diaryl/α,β-unsaturated/α-hetero) is 2. The van der Waals surface area contributed by atoms with Gasteiger partial charge in [-0.25, -0.2) is 0 Å². The fraction of sp³-hybridized carbons (Fsp3) is 0.600. The highest BCUT2D eigenvalue weighted by atomic mass is 16.3. The van der Waals surface area contributed by atoms with Gasteiger partial charge in [-0.1, -0.05) is 52.4 Å². The van der Waals surface area contributed by atoms with Crippen molar-refractivity contribution in [1.29, 1.82) is 0 Å². The zero-order chi connectivity index (χ0) is 17.9. The van der Waals surface area contributed by atoms with E-state index in [-0.39, 0.29) is 40.6 Å². The Hall–Kier alpha value is -1.84. The highest BCUT2D eigenvalue weighted by Gasteiger charge is 2.22. The van der Waals surface area contributed by atoms with Crippen molar-refractivity contribution in [2.24, 2.45) is 0 Å². The van der Waals surface area contributed by atoms with Crippen LogP contribution in [-0.2, 0) is 0 Å². The topological polar surface area (TPSA) is 74.6 Å². The number of carbonyl (C=O) groups is 2. The molecular formula is C20H30O4. The summed E-state index contributed by atoms with van der Waals surface area (Å²) in [6.45, 7) is 4.20. The molecule has 4 heteroatoms. The minimum absolute atomic E-state index is 0.106. The average molecular weight is 334 g/mol. The van der Waals surface area contributed by atoms with Crippen molar-refractivity contribution in [1.82, 2.24) is 0 Å². The highest BCUT2D eigenvalue weighted by molar-refractivity contribution is 6.07. The lowest BCUT2D eigenvalue weighted by molar-refractivity contribution is 0.0972. The smallest absolute Gasteiger partial charge is 0.170 e. The Bertz CT molecular complexity index is 549. The van der Waals surface area contributed by atoms with Crippen molar-refractivity contribution in [3.8, 4) is 11.5 Å². The van der Waals surface area contributed by atoms with Crippen LogP contribution in [0, 0.1) is 0 Å². The molecule has 1 rings (SSSR count). The largest absolute Gasteiger partial charge is 0.507 e. The van der Waals surface area contributed by atoms with E-state index >= 15 is 0 Å². The second kappa shape index (κ2) is 10.8. The molecule has 2 N–H and O–H groups in total. The van der Waals surface area contributed by atoms with Crippen LogP contribution in [0.5, 0.6) is 11.5 Å². The van der Waals surface area contributed by atoms with E-state index < -0.39 is 0 Å². The van der Waals surface area contributed by atoms with Crippen LogP contribution < -0.4 is 0 Å². The van der Waals surface area contributed by atoms with Gasteiger partial charge in [0.15, 0.2) is 11.6 Å². The molecule has 0 unspecified atom stereocenters. The number of phenols is 2. The molecule has 0 atom stereocenters. The molecular weight excluding hydrogens is 304 g/mol. The Morgan fingerprint density at radius 2 is 1.33 bits per heavy atom. The number of phenolic OH excluding ortho intramolecular Hbond substituents is 2. The van der Waals surface area contributed by atoms with Crippen LogP contribution in [0.1, 0.15) is 98.8 Å². The normalized spacial score (nSPS) is 10.8. The first-order chi connectivity index (χ1) is 11.5. The number of ketones is 2. The van der Waals surface area contributed by atoms with Gasteiger partial charge in [-0.15, -0.1) is 0 Å². The zero-order valence-electron chi connectivity index (χ0n) is 14.9. The van der Waals surface area contributed by atoms with Crippen LogP contribution in [0.4, 0.5) is 0 Å². The average Bonchev–Trinajstić information content (AvgIpc) is 2.55. The molecule has 0 aliphatic rings. The van der Waals surface area contributed by atoms with Crippen molar-refractivity contribution in [2.45, 2.75) is 78.1 Å². The lowest BCUT2D eigenvalue weighted by atomic mass is 9.96. The molecule has 0 aliphatic heterocycles. The van der Waals surface area contributed by atoms with Gasteiger partial charge >= 0.3 is 0 Å². The van der Waals surface area contributed by atoms with Gasteiger partial charge in [0.2, 0.25) is 0 Å². The van der Waals surface area contributed by atoms with E-state index in [1.165, 1.54) is 12.1 Å². The minimum atomic E-state index is -0.365. The van der Waals surface area contributed by atoms with E-state index in [2.05, 4.69) is 13.8 Å². The number of rotatable bonds is 12. The van der Waals surface area contributed by atoms with Crippen LogP contribution in [0.15, 0.2) is 12.1 Å². The Balaban J connectivity index is 2.79. The van der Waals surface area contributed by atoms with E-state index in [4.69, 9.17) is 0 Å². The number of hydrogen-bond acceptors (Lipinski definition) is 4. The van der Waals surface area contributed by atoms with E-state index in [1.807, 2.05) is 0 Å². The van der Waals surface area contributed by atoms with Crippen molar-refractivity contribution in [3.05, 3.63) is 23.3 Å². The Morgan fingerprint density at radius 3 is 1.88 bits per heavy atom. The zero-order valence-corrected chi connectivity index (χ0v) is 14.9. The summed E-state index contributed by atoms with van der Waals surface area (Å²) in [5, 5.41) is 20.2. The summed E-state index contributed by atoms with van der Waals surface area (Å²) >= 11 is 0. The fourth-order valence-electron chi connectivity index (χ4n) is 2.76. The maximum atomic E-state index is 12.3. The van der Waals surface area contributed by atoms with Gasteiger partial charge in [0.1, 0.15) is 17.1 Å². The number of hydrogen-bond donors (Lipinski definition) is 2. The first-order valence-electron chi connectivity index (χ1n) is 9.14. The predicted molar refractivity (Wildman–Crippen MR) is 96.0 cm³/mol. The summed E-state index contributed by atoms with van der Waals surface area (Å²) in [5.41, 5.74) is 0.0344. The maximum Gasteiger partial charge on any atom is 0.170 e. The van der Waals surface area contributed by atoms with Crippen molar-refractivity contribution in [3.63, 3.8) is 0 Å². The SMILES string of the molecule is CCCCCCC(=O)c1ccc(O)c(C(=O)CCCCCC)c1O. The first-order valence-corrected chi connectivity index (χ1v) is 9.14. The molecule has 1 aromatic carbocycles. The third-order valence-corrected chi connectivity index (χ3v) is 4.25. The van der Waals surface area contributed by atoms with Crippen molar-refractivity contribution >= 4 is 11.6 Å². The molecule has 0 bridgehead atoms. The third-order valence-electron chi connectivity index (χ3n) is 4.25. The van der Waals surface area contributed by atoms with E-state index in [0.29, 0.717) is 6.42 Å². The fourth-order valence-corrected chi connectivity index (χ4v) is 2.76.